The maximum Gasteiger partial charge on any atom is 0.435 e. The molecular formula is C19H14ClF3N6O2. The Labute approximate surface area is 178 Å². The van der Waals surface area contributed by atoms with Gasteiger partial charge in [0.1, 0.15) is 6.54 Å². The van der Waals surface area contributed by atoms with E-state index in [-0.39, 0.29) is 39.9 Å². The number of anilines is 1. The molecule has 8 nitrogen and oxygen atoms in total. The van der Waals surface area contributed by atoms with Crippen LogP contribution in [0.1, 0.15) is 26.7 Å². The van der Waals surface area contributed by atoms with Crippen LogP contribution in [0.5, 0.6) is 0 Å². The number of nitrogens with zero attached hydrogens (tertiary/aromatic N) is 4. The summed E-state index contributed by atoms with van der Waals surface area (Å²) in [4.78, 5) is 27.8. The first-order valence-electron chi connectivity index (χ1n) is 8.53. The van der Waals surface area contributed by atoms with Crippen LogP contribution >= 0.6 is 11.6 Å². The molecule has 0 aliphatic rings. The molecule has 3 rings (SSSR count). The second-order valence-corrected chi connectivity index (χ2v) is 6.74. The quantitative estimate of drug-likeness (QED) is 0.582. The number of nitrogens with one attached hydrogen (secondary N) is 1. The van der Waals surface area contributed by atoms with Crippen LogP contribution in [-0.4, -0.2) is 31.1 Å². The van der Waals surface area contributed by atoms with E-state index < -0.39 is 23.7 Å². The normalized spacial score (nSPS) is 11.2. The lowest BCUT2D eigenvalue weighted by molar-refractivity contribution is -0.141. The van der Waals surface area contributed by atoms with E-state index in [4.69, 9.17) is 23.8 Å². The standard InChI is InChI=1S/C19H14ClF3N6O2/c1-3-6-29-9-12(15(27-29)19(21,22)23)14-8-25-17(28(14)2)18(31)26-10-4-5-11(16(24)30)13(20)7-10/h1,4-5,7-9H,6H2,2H3,(H2,24,30)(H,26,31). The van der Waals surface area contributed by atoms with Crippen LogP contribution in [0.25, 0.3) is 11.3 Å². The molecule has 2 aromatic heterocycles. The van der Waals surface area contributed by atoms with Gasteiger partial charge in [0.25, 0.3) is 5.91 Å². The predicted octanol–water partition coefficient (Wildman–Crippen LogP) is 2.94. The Balaban J connectivity index is 1.94. The highest BCUT2D eigenvalue weighted by molar-refractivity contribution is 6.34. The van der Waals surface area contributed by atoms with E-state index in [9.17, 15) is 22.8 Å². The van der Waals surface area contributed by atoms with Gasteiger partial charge in [-0.1, -0.05) is 17.5 Å². The largest absolute Gasteiger partial charge is 0.435 e. The predicted molar refractivity (Wildman–Crippen MR) is 106 cm³/mol. The second kappa shape index (κ2) is 8.16. The number of rotatable bonds is 5. The van der Waals surface area contributed by atoms with Crippen molar-refractivity contribution >= 4 is 29.1 Å². The molecule has 0 unspecified atom stereocenters. The summed E-state index contributed by atoms with van der Waals surface area (Å²) in [5.74, 6) is 0.610. The number of imidazole rings is 1. The highest BCUT2D eigenvalue weighted by Crippen LogP contribution is 2.36. The average molecular weight is 451 g/mol. The number of carbonyl (C=O) groups excluding carboxylic acids is 2. The van der Waals surface area contributed by atoms with Crippen LogP contribution in [0.15, 0.2) is 30.6 Å². The van der Waals surface area contributed by atoms with E-state index in [1.165, 1.54) is 29.8 Å². The van der Waals surface area contributed by atoms with E-state index in [0.29, 0.717) is 0 Å². The third-order valence-electron chi connectivity index (χ3n) is 4.24. The van der Waals surface area contributed by atoms with Gasteiger partial charge in [-0.2, -0.15) is 18.3 Å². The van der Waals surface area contributed by atoms with Crippen LogP contribution in [0.3, 0.4) is 0 Å². The topological polar surface area (TPSA) is 108 Å². The molecular weight excluding hydrogens is 437 g/mol. The number of halogens is 4. The summed E-state index contributed by atoms with van der Waals surface area (Å²) in [5.41, 5.74) is 4.08. The monoisotopic (exact) mass is 450 g/mol. The van der Waals surface area contributed by atoms with E-state index in [0.717, 1.165) is 17.1 Å². The van der Waals surface area contributed by atoms with E-state index >= 15 is 0 Å². The summed E-state index contributed by atoms with van der Waals surface area (Å²) in [5, 5.41) is 6.04. The Morgan fingerprint density at radius 1 is 1.35 bits per heavy atom. The van der Waals surface area contributed by atoms with Crippen LogP contribution in [0.4, 0.5) is 18.9 Å². The minimum atomic E-state index is -4.74. The third-order valence-corrected chi connectivity index (χ3v) is 4.56. The number of aromatic nitrogens is 4. The number of nitrogens with two attached hydrogens (primary N) is 1. The molecule has 2 amide bonds. The zero-order valence-electron chi connectivity index (χ0n) is 15.9. The van der Waals surface area contributed by atoms with Crippen molar-refractivity contribution < 1.29 is 22.8 Å². The molecule has 3 aromatic rings. The lowest BCUT2D eigenvalue weighted by atomic mass is 10.2. The Kier molecular flexibility index (Phi) is 5.77. The molecule has 12 heteroatoms. The van der Waals surface area contributed by atoms with E-state index in [1.54, 1.807) is 0 Å². The Morgan fingerprint density at radius 2 is 2.06 bits per heavy atom. The van der Waals surface area contributed by atoms with Crippen molar-refractivity contribution in [1.29, 1.82) is 0 Å². The molecule has 0 saturated heterocycles. The average Bonchev–Trinajstić information content (AvgIpc) is 3.25. The van der Waals surface area contributed by atoms with Gasteiger partial charge in [-0.3, -0.25) is 14.3 Å². The number of hydrogen-bond acceptors (Lipinski definition) is 4. The zero-order chi connectivity index (χ0) is 22.9. The molecule has 0 atom stereocenters. The number of alkyl halides is 3. The summed E-state index contributed by atoms with van der Waals surface area (Å²) in [6, 6.07) is 4.05. The Bertz CT molecular complexity index is 1220. The minimum Gasteiger partial charge on any atom is -0.366 e. The van der Waals surface area contributed by atoms with Crippen molar-refractivity contribution in [2.24, 2.45) is 12.8 Å². The Morgan fingerprint density at radius 3 is 2.65 bits per heavy atom. The molecule has 1 aromatic carbocycles. The van der Waals surface area contributed by atoms with Gasteiger partial charge < -0.3 is 15.6 Å². The molecule has 0 aliphatic carbocycles. The molecule has 160 valence electrons. The number of terminal acetylenes is 1. The third kappa shape index (κ3) is 4.39. The van der Waals surface area contributed by atoms with E-state index in [1.807, 2.05) is 0 Å². The number of carbonyl (C=O) groups is 2. The molecule has 0 spiro atoms. The van der Waals surface area contributed by atoms with Crippen molar-refractivity contribution in [3.8, 4) is 23.6 Å². The first-order valence-corrected chi connectivity index (χ1v) is 8.91. The summed E-state index contributed by atoms with van der Waals surface area (Å²) >= 11 is 5.95. The number of amides is 2. The Hall–Kier alpha value is -3.78. The molecule has 0 bridgehead atoms. The van der Waals surface area contributed by atoms with Crippen molar-refractivity contribution in [2.75, 3.05) is 5.32 Å². The molecule has 0 aliphatic heterocycles. The van der Waals surface area contributed by atoms with Crippen molar-refractivity contribution in [2.45, 2.75) is 12.7 Å². The first kappa shape index (κ1) is 21.9. The highest BCUT2D eigenvalue weighted by Gasteiger charge is 2.38. The number of hydrogen-bond donors (Lipinski definition) is 2. The van der Waals surface area contributed by atoms with Crippen LogP contribution in [0.2, 0.25) is 5.02 Å². The summed E-state index contributed by atoms with van der Waals surface area (Å²) in [6.45, 7) is -0.156. The van der Waals surface area contributed by atoms with Crippen molar-refractivity contribution in [3.63, 3.8) is 0 Å². The molecule has 31 heavy (non-hydrogen) atoms. The lowest BCUT2D eigenvalue weighted by Crippen LogP contribution is -2.18. The van der Waals surface area contributed by atoms with Gasteiger partial charge in [-0.15, -0.1) is 6.42 Å². The SMILES string of the molecule is C#CCn1cc(-c2cnc(C(=O)Nc3ccc(C(N)=O)c(Cl)c3)n2C)c(C(F)(F)F)n1. The second-order valence-electron chi connectivity index (χ2n) is 6.33. The molecule has 2 heterocycles. The van der Waals surface area contributed by atoms with Crippen LogP contribution < -0.4 is 11.1 Å². The van der Waals surface area contributed by atoms with Gasteiger partial charge in [0.15, 0.2) is 11.5 Å². The van der Waals surface area contributed by atoms with Crippen LogP contribution in [0, 0.1) is 12.3 Å². The fourth-order valence-electron chi connectivity index (χ4n) is 2.84. The summed E-state index contributed by atoms with van der Waals surface area (Å²) in [7, 11) is 1.39. The van der Waals surface area contributed by atoms with Gasteiger partial charge >= 0.3 is 6.18 Å². The van der Waals surface area contributed by atoms with Gasteiger partial charge in [0, 0.05) is 18.9 Å². The van der Waals surface area contributed by atoms with Crippen molar-refractivity contribution in [3.05, 3.63) is 52.7 Å². The van der Waals surface area contributed by atoms with Gasteiger partial charge in [-0.05, 0) is 18.2 Å². The number of primary amides is 1. The zero-order valence-corrected chi connectivity index (χ0v) is 16.6. The molecule has 0 saturated carbocycles. The van der Waals surface area contributed by atoms with Gasteiger partial charge in [0.2, 0.25) is 5.91 Å². The highest BCUT2D eigenvalue weighted by atomic mass is 35.5. The van der Waals surface area contributed by atoms with E-state index in [2.05, 4.69) is 21.3 Å². The van der Waals surface area contributed by atoms with Crippen molar-refractivity contribution in [1.82, 2.24) is 19.3 Å². The fourth-order valence-corrected chi connectivity index (χ4v) is 3.12. The van der Waals surface area contributed by atoms with Gasteiger partial charge in [0.05, 0.1) is 28.0 Å². The van der Waals surface area contributed by atoms with Crippen LogP contribution in [-0.2, 0) is 19.8 Å². The fraction of sp³-hybridized carbons (Fsp3) is 0.158. The first-order chi connectivity index (χ1) is 14.5. The number of benzene rings is 1. The summed E-state index contributed by atoms with van der Waals surface area (Å²) in [6.07, 6.45) is 2.69. The lowest BCUT2D eigenvalue weighted by Gasteiger charge is -2.09. The molecule has 0 radical (unpaired) electrons. The summed E-state index contributed by atoms with van der Waals surface area (Å²) < 4.78 is 42.4. The maximum absolute atomic E-state index is 13.4. The molecule has 0 fully saturated rings. The molecule has 3 N–H and O–H groups in total. The van der Waals surface area contributed by atoms with Gasteiger partial charge in [-0.25, -0.2) is 4.98 Å². The minimum absolute atomic E-state index is 0.0165. The smallest absolute Gasteiger partial charge is 0.366 e. The maximum atomic E-state index is 13.4.